The third kappa shape index (κ3) is 14.8. The number of aryl methyl sites for hydroxylation is 2. The zero-order valence-corrected chi connectivity index (χ0v) is 22.2. The Bertz CT molecular complexity index is 628. The van der Waals surface area contributed by atoms with Crippen molar-refractivity contribution in [3.8, 4) is 0 Å². The average Bonchev–Trinajstić information content (AvgIpc) is 2.85. The van der Waals surface area contributed by atoms with Gasteiger partial charge in [-0.05, 0) is 42.9 Å². The number of carbonyl (C=O) groups excluding carboxylic acids is 1. The summed E-state index contributed by atoms with van der Waals surface area (Å²) in [6, 6.07) is 6.15. The largest absolute Gasteiger partial charge is 0.459 e. The van der Waals surface area contributed by atoms with Gasteiger partial charge in [-0.3, -0.25) is 0 Å². The fourth-order valence-electron chi connectivity index (χ4n) is 4.42. The van der Waals surface area contributed by atoms with Crippen LogP contribution in [0.25, 0.3) is 0 Å². The van der Waals surface area contributed by atoms with Crippen LogP contribution in [0.2, 0.25) is 0 Å². The summed E-state index contributed by atoms with van der Waals surface area (Å²) < 4.78 is 5.25. The molecule has 0 aromatic heterocycles. The van der Waals surface area contributed by atoms with Crippen LogP contribution in [0.1, 0.15) is 138 Å². The van der Waals surface area contributed by atoms with Crippen LogP contribution in [-0.2, 0) is 17.6 Å². The van der Waals surface area contributed by atoms with Crippen molar-refractivity contribution in [3.05, 3.63) is 34.9 Å². The van der Waals surface area contributed by atoms with Gasteiger partial charge in [-0.2, -0.15) is 0 Å². The van der Waals surface area contributed by atoms with Gasteiger partial charge in [0.1, 0.15) is 12.7 Å². The molecule has 0 saturated heterocycles. The van der Waals surface area contributed by atoms with Crippen LogP contribution in [0.15, 0.2) is 18.2 Å². The molecule has 1 atom stereocenters. The quantitative estimate of drug-likeness (QED) is 0.134. The molecule has 0 aliphatic carbocycles. The number of ether oxygens (including phenoxy) is 1. The smallest absolute Gasteiger partial charge is 0.338 e. The van der Waals surface area contributed by atoms with Gasteiger partial charge in [-0.1, -0.05) is 116 Å². The highest BCUT2D eigenvalue weighted by molar-refractivity contribution is 5.91. The lowest BCUT2D eigenvalue weighted by Gasteiger charge is -2.13. The molecule has 196 valence electrons. The van der Waals surface area contributed by atoms with Crippen LogP contribution in [0, 0.1) is 0 Å². The lowest BCUT2D eigenvalue weighted by atomic mass is 9.95. The van der Waals surface area contributed by atoms with E-state index in [0.717, 1.165) is 24.8 Å². The van der Waals surface area contributed by atoms with E-state index < -0.39 is 18.7 Å². The van der Waals surface area contributed by atoms with Crippen LogP contribution in [-0.4, -0.2) is 35.5 Å². The molecule has 1 rings (SSSR count). The number of hydrogen-bond donors (Lipinski definition) is 2. The molecule has 0 aliphatic heterocycles. The third-order valence-electron chi connectivity index (χ3n) is 6.63. The molecular formula is C30H52O4. The lowest BCUT2D eigenvalue weighted by Crippen LogP contribution is -2.22. The first-order chi connectivity index (χ1) is 16.6. The number of aliphatic hydroxyl groups excluding tert-OH is 2. The Morgan fingerprint density at radius 3 is 1.79 bits per heavy atom. The van der Waals surface area contributed by atoms with Gasteiger partial charge < -0.3 is 14.9 Å². The lowest BCUT2D eigenvalue weighted by molar-refractivity contribution is 0.00924. The predicted octanol–water partition coefficient (Wildman–Crippen LogP) is 7.56. The van der Waals surface area contributed by atoms with E-state index in [9.17, 15) is 9.90 Å². The monoisotopic (exact) mass is 476 g/mol. The number of carbonyl (C=O) groups is 1. The fraction of sp³-hybridized carbons (Fsp3) is 0.767. The van der Waals surface area contributed by atoms with Crippen molar-refractivity contribution in [2.75, 3.05) is 13.2 Å². The van der Waals surface area contributed by atoms with Crippen molar-refractivity contribution in [2.45, 2.75) is 136 Å². The van der Waals surface area contributed by atoms with Crippen molar-refractivity contribution in [1.82, 2.24) is 0 Å². The Kier molecular flexibility index (Phi) is 18.9. The summed E-state index contributed by atoms with van der Waals surface area (Å²) in [7, 11) is 0. The zero-order chi connectivity index (χ0) is 24.9. The Hall–Kier alpha value is -1.39. The van der Waals surface area contributed by atoms with Crippen molar-refractivity contribution in [3.63, 3.8) is 0 Å². The van der Waals surface area contributed by atoms with Crippen LogP contribution in [0.5, 0.6) is 0 Å². The van der Waals surface area contributed by atoms with Gasteiger partial charge >= 0.3 is 5.97 Å². The van der Waals surface area contributed by atoms with Crippen LogP contribution < -0.4 is 0 Å². The Balaban J connectivity index is 2.55. The summed E-state index contributed by atoms with van der Waals surface area (Å²) in [6.07, 6.45) is 21.5. The minimum Gasteiger partial charge on any atom is -0.459 e. The molecule has 4 nitrogen and oxygen atoms in total. The Morgan fingerprint density at radius 1 is 0.765 bits per heavy atom. The molecule has 2 N–H and O–H groups in total. The topological polar surface area (TPSA) is 66.8 Å². The summed E-state index contributed by atoms with van der Waals surface area (Å²) in [5.41, 5.74) is 2.96. The molecule has 0 aliphatic rings. The highest BCUT2D eigenvalue weighted by atomic mass is 16.5. The normalized spacial score (nSPS) is 12.1. The SMILES string of the molecule is CCCCCCCCCCc1ccc(C(=O)OCC(O)CO)c(CCCCCCCCCC)c1. The van der Waals surface area contributed by atoms with Crippen molar-refractivity contribution >= 4 is 5.97 Å². The van der Waals surface area contributed by atoms with Crippen molar-refractivity contribution in [2.24, 2.45) is 0 Å². The molecule has 0 radical (unpaired) electrons. The first kappa shape index (κ1) is 30.6. The van der Waals surface area contributed by atoms with Crippen LogP contribution in [0.3, 0.4) is 0 Å². The first-order valence-electron chi connectivity index (χ1n) is 14.2. The van der Waals surface area contributed by atoms with E-state index in [2.05, 4.69) is 26.0 Å². The molecule has 0 saturated carbocycles. The molecule has 0 bridgehead atoms. The molecule has 0 amide bonds. The van der Waals surface area contributed by atoms with Gasteiger partial charge in [0.15, 0.2) is 0 Å². The molecule has 0 fully saturated rings. The highest BCUT2D eigenvalue weighted by Gasteiger charge is 2.15. The molecule has 0 spiro atoms. The summed E-state index contributed by atoms with van der Waals surface area (Å²) in [5, 5.41) is 18.5. The number of aliphatic hydroxyl groups is 2. The molecule has 1 aromatic rings. The Labute approximate surface area is 209 Å². The summed E-state index contributed by atoms with van der Waals surface area (Å²) >= 11 is 0. The second-order valence-corrected chi connectivity index (χ2v) is 9.88. The second kappa shape index (κ2) is 20.9. The number of rotatable bonds is 22. The number of esters is 1. The van der Waals surface area contributed by atoms with E-state index in [1.165, 1.54) is 102 Å². The van der Waals surface area contributed by atoms with E-state index in [-0.39, 0.29) is 6.61 Å². The highest BCUT2D eigenvalue weighted by Crippen LogP contribution is 2.20. The summed E-state index contributed by atoms with van der Waals surface area (Å²) in [4.78, 5) is 12.6. The summed E-state index contributed by atoms with van der Waals surface area (Å²) in [5.74, 6) is -0.402. The van der Waals surface area contributed by atoms with Gasteiger partial charge in [-0.15, -0.1) is 0 Å². The fourth-order valence-corrected chi connectivity index (χ4v) is 4.42. The number of unbranched alkanes of at least 4 members (excludes halogenated alkanes) is 14. The van der Waals surface area contributed by atoms with E-state index in [0.29, 0.717) is 5.56 Å². The number of benzene rings is 1. The molecule has 1 aromatic carbocycles. The van der Waals surface area contributed by atoms with E-state index >= 15 is 0 Å². The molecular weight excluding hydrogens is 424 g/mol. The summed E-state index contributed by atoms with van der Waals surface area (Å²) in [6.45, 7) is 3.92. The maximum absolute atomic E-state index is 12.6. The van der Waals surface area contributed by atoms with E-state index in [4.69, 9.17) is 9.84 Å². The van der Waals surface area contributed by atoms with Gasteiger partial charge in [-0.25, -0.2) is 4.79 Å². The van der Waals surface area contributed by atoms with Crippen molar-refractivity contribution < 1.29 is 19.7 Å². The van der Waals surface area contributed by atoms with Crippen LogP contribution >= 0.6 is 0 Å². The van der Waals surface area contributed by atoms with Crippen LogP contribution in [0.4, 0.5) is 0 Å². The molecule has 4 heteroatoms. The predicted molar refractivity (Wildman–Crippen MR) is 142 cm³/mol. The van der Waals surface area contributed by atoms with E-state index in [1.807, 2.05) is 6.07 Å². The number of hydrogen-bond acceptors (Lipinski definition) is 4. The zero-order valence-electron chi connectivity index (χ0n) is 22.2. The minimum atomic E-state index is -1.03. The maximum atomic E-state index is 12.6. The standard InChI is InChI=1S/C30H52O4/c1-3-5-7-9-11-13-15-17-19-26-21-22-29(30(33)34-25-28(32)24-31)27(23-26)20-18-16-14-12-10-8-6-4-2/h21-23,28,31-32H,3-20,24-25H2,1-2H3. The molecule has 34 heavy (non-hydrogen) atoms. The minimum absolute atomic E-state index is 0.174. The van der Waals surface area contributed by atoms with Gasteiger partial charge in [0.25, 0.3) is 0 Å². The molecule has 1 unspecified atom stereocenters. The van der Waals surface area contributed by atoms with Gasteiger partial charge in [0, 0.05) is 0 Å². The van der Waals surface area contributed by atoms with Gasteiger partial charge in [0.2, 0.25) is 0 Å². The third-order valence-corrected chi connectivity index (χ3v) is 6.63. The van der Waals surface area contributed by atoms with Crippen molar-refractivity contribution in [1.29, 1.82) is 0 Å². The maximum Gasteiger partial charge on any atom is 0.338 e. The van der Waals surface area contributed by atoms with Gasteiger partial charge in [0.05, 0.1) is 12.2 Å². The first-order valence-corrected chi connectivity index (χ1v) is 14.2. The Morgan fingerprint density at radius 2 is 1.26 bits per heavy atom. The average molecular weight is 477 g/mol. The van der Waals surface area contributed by atoms with E-state index in [1.54, 1.807) is 0 Å². The second-order valence-electron chi connectivity index (χ2n) is 9.88. The molecule has 0 heterocycles.